The maximum Gasteiger partial charge on any atom is 0.184 e. The summed E-state index contributed by atoms with van der Waals surface area (Å²) in [5, 5.41) is 12.8. The Balaban J connectivity index is 2.09. The number of thioether (sulfide) groups is 1. The lowest BCUT2D eigenvalue weighted by Gasteiger charge is -2.28. The summed E-state index contributed by atoms with van der Waals surface area (Å²) in [6.07, 6.45) is 3.44. The molecule has 0 spiro atoms. The second-order valence-electron chi connectivity index (χ2n) is 4.88. The van der Waals surface area contributed by atoms with Gasteiger partial charge in [-0.25, -0.2) is 15.0 Å². The van der Waals surface area contributed by atoms with Gasteiger partial charge in [0.25, 0.3) is 0 Å². The van der Waals surface area contributed by atoms with Crippen molar-refractivity contribution in [3.63, 3.8) is 0 Å². The molecule has 3 rings (SSSR count). The predicted octanol–water partition coefficient (Wildman–Crippen LogP) is 3.52. The van der Waals surface area contributed by atoms with E-state index in [0.717, 1.165) is 10.7 Å². The quantitative estimate of drug-likeness (QED) is 0.840. The Bertz CT molecular complexity index is 760. The molecule has 1 unspecified atom stereocenters. The first kappa shape index (κ1) is 15.4. The molecule has 1 aromatic rings. The summed E-state index contributed by atoms with van der Waals surface area (Å²) in [7, 11) is 0. The minimum absolute atomic E-state index is 0.405. The fraction of sp³-hybridized carbons (Fsp3) is 0.214. The van der Waals surface area contributed by atoms with E-state index in [-0.39, 0.29) is 0 Å². The van der Waals surface area contributed by atoms with Crippen molar-refractivity contribution >= 4 is 46.0 Å². The third-order valence-corrected chi connectivity index (χ3v) is 4.42. The number of benzene rings is 1. The van der Waals surface area contributed by atoms with Gasteiger partial charge in [0.2, 0.25) is 0 Å². The second-order valence-corrected chi connectivity index (χ2v) is 6.53. The molecular weight excluding hydrogens is 341 g/mol. The molecule has 0 radical (unpaired) electrons. The van der Waals surface area contributed by atoms with Crippen molar-refractivity contribution < 1.29 is 0 Å². The summed E-state index contributed by atoms with van der Waals surface area (Å²) in [5.41, 5.74) is 3.71. The van der Waals surface area contributed by atoms with Crippen LogP contribution in [0.5, 0.6) is 0 Å². The zero-order valence-electron chi connectivity index (χ0n) is 11.8. The number of rotatable bonds is 1. The molecule has 2 aliphatic heterocycles. The van der Waals surface area contributed by atoms with Crippen LogP contribution in [0.15, 0.2) is 40.0 Å². The molecule has 22 heavy (non-hydrogen) atoms. The van der Waals surface area contributed by atoms with E-state index in [9.17, 15) is 5.26 Å². The molecule has 0 bridgehead atoms. The number of nitrogens with one attached hydrogen (secondary N) is 1. The van der Waals surface area contributed by atoms with Crippen molar-refractivity contribution in [2.24, 2.45) is 9.98 Å². The number of fused-ring (bicyclic) bond motifs is 1. The topological polar surface area (TPSA) is 63.8 Å². The van der Waals surface area contributed by atoms with Crippen LogP contribution in [0.25, 0.3) is 0 Å². The van der Waals surface area contributed by atoms with E-state index in [1.54, 1.807) is 23.2 Å². The van der Waals surface area contributed by atoms with E-state index >= 15 is 0 Å². The minimum Gasteiger partial charge on any atom is -0.237 e. The molecule has 1 N–H and O–H groups in total. The molecule has 0 aromatic heterocycles. The molecule has 0 saturated heterocycles. The standard InChI is InChI=1S/C14H11Cl2N5S/c1-14(9-3-10(15)5-11(16)4-9)19-12-8(6-17)7-18-13(22-2)21(12)20-14/h3-5,7,20H,1-2H3. The van der Waals surface area contributed by atoms with E-state index in [4.69, 9.17) is 23.2 Å². The largest absolute Gasteiger partial charge is 0.237 e. The van der Waals surface area contributed by atoms with Crippen LogP contribution in [0.3, 0.4) is 0 Å². The number of amidine groups is 2. The fourth-order valence-corrected chi connectivity index (χ4v) is 3.30. The molecule has 112 valence electrons. The third-order valence-electron chi connectivity index (χ3n) is 3.33. The summed E-state index contributed by atoms with van der Waals surface area (Å²) in [6.45, 7) is 1.90. The SMILES string of the molecule is CSC1=NC=C(C#N)C2=NC(C)(c3cc(Cl)cc(Cl)c3)NN12. The zero-order chi connectivity index (χ0) is 15.9. The molecule has 2 aliphatic rings. The van der Waals surface area contributed by atoms with Crippen LogP contribution in [0.4, 0.5) is 0 Å². The number of hydrogen-bond acceptors (Lipinski definition) is 6. The molecular formula is C14H11Cl2N5S. The number of halogens is 2. The van der Waals surface area contributed by atoms with E-state index in [0.29, 0.717) is 21.5 Å². The number of nitriles is 1. The van der Waals surface area contributed by atoms with Crippen molar-refractivity contribution in [2.75, 3.05) is 6.26 Å². The van der Waals surface area contributed by atoms with E-state index in [1.165, 1.54) is 18.0 Å². The van der Waals surface area contributed by atoms with Crippen LogP contribution in [0.2, 0.25) is 10.0 Å². The average Bonchev–Trinajstić information content (AvgIpc) is 2.84. The molecule has 2 heterocycles. The molecule has 1 atom stereocenters. The first-order chi connectivity index (χ1) is 10.5. The van der Waals surface area contributed by atoms with Crippen molar-refractivity contribution in [3.05, 3.63) is 45.6 Å². The monoisotopic (exact) mass is 351 g/mol. The van der Waals surface area contributed by atoms with Gasteiger partial charge >= 0.3 is 0 Å². The Kier molecular flexibility index (Phi) is 3.91. The number of aliphatic imine (C=N–C) groups is 2. The molecule has 1 aromatic carbocycles. The highest BCUT2D eigenvalue weighted by Crippen LogP contribution is 2.34. The molecule has 0 fully saturated rings. The van der Waals surface area contributed by atoms with Crippen LogP contribution >= 0.6 is 35.0 Å². The molecule has 0 saturated carbocycles. The number of hydrogen-bond donors (Lipinski definition) is 1. The van der Waals surface area contributed by atoms with Gasteiger partial charge in [-0.1, -0.05) is 35.0 Å². The highest BCUT2D eigenvalue weighted by molar-refractivity contribution is 8.13. The summed E-state index contributed by atoms with van der Waals surface area (Å²) in [6, 6.07) is 7.38. The number of nitrogens with zero attached hydrogens (tertiary/aromatic N) is 4. The first-order valence-corrected chi connectivity index (χ1v) is 8.32. The van der Waals surface area contributed by atoms with Crippen molar-refractivity contribution in [1.82, 2.24) is 10.4 Å². The smallest absolute Gasteiger partial charge is 0.184 e. The summed E-state index contributed by atoms with van der Waals surface area (Å²) in [4.78, 5) is 8.94. The normalized spacial score (nSPS) is 23.4. The predicted molar refractivity (Wildman–Crippen MR) is 90.9 cm³/mol. The van der Waals surface area contributed by atoms with Gasteiger partial charge in [0.1, 0.15) is 11.6 Å². The lowest BCUT2D eigenvalue weighted by molar-refractivity contribution is 0.311. The van der Waals surface area contributed by atoms with Crippen molar-refractivity contribution in [3.8, 4) is 6.07 Å². The van der Waals surface area contributed by atoms with Crippen LogP contribution in [-0.4, -0.2) is 22.3 Å². The maximum absolute atomic E-state index is 9.25. The second kappa shape index (κ2) is 5.60. The Labute approximate surface area is 142 Å². The lowest BCUT2D eigenvalue weighted by atomic mass is 10.0. The van der Waals surface area contributed by atoms with Gasteiger partial charge in [-0.15, -0.1) is 0 Å². The van der Waals surface area contributed by atoms with Crippen LogP contribution in [-0.2, 0) is 5.66 Å². The lowest BCUT2D eigenvalue weighted by Crippen LogP contribution is -2.48. The van der Waals surface area contributed by atoms with Crippen LogP contribution in [0.1, 0.15) is 12.5 Å². The van der Waals surface area contributed by atoms with E-state index in [1.807, 2.05) is 13.2 Å². The molecule has 0 amide bonds. The van der Waals surface area contributed by atoms with Gasteiger partial charge in [-0.05, 0) is 36.9 Å². The van der Waals surface area contributed by atoms with Crippen LogP contribution < -0.4 is 5.43 Å². The van der Waals surface area contributed by atoms with Gasteiger partial charge in [-0.3, -0.25) is 0 Å². The minimum atomic E-state index is -0.777. The van der Waals surface area contributed by atoms with Gasteiger partial charge in [0.05, 0.1) is 6.20 Å². The Hall–Kier alpha value is -1.52. The maximum atomic E-state index is 9.25. The van der Waals surface area contributed by atoms with Gasteiger partial charge in [0, 0.05) is 10.0 Å². The zero-order valence-corrected chi connectivity index (χ0v) is 14.1. The van der Waals surface area contributed by atoms with E-state index < -0.39 is 5.66 Å². The van der Waals surface area contributed by atoms with Gasteiger partial charge < -0.3 is 0 Å². The van der Waals surface area contributed by atoms with Crippen molar-refractivity contribution in [2.45, 2.75) is 12.6 Å². The summed E-state index contributed by atoms with van der Waals surface area (Å²) in [5.74, 6) is 0.542. The van der Waals surface area contributed by atoms with Gasteiger partial charge in [-0.2, -0.15) is 10.7 Å². The fourth-order valence-electron chi connectivity index (χ4n) is 2.30. The van der Waals surface area contributed by atoms with E-state index in [2.05, 4.69) is 21.5 Å². The third kappa shape index (κ3) is 2.50. The summed E-state index contributed by atoms with van der Waals surface area (Å²) >= 11 is 13.6. The molecule has 5 nitrogen and oxygen atoms in total. The van der Waals surface area contributed by atoms with Gasteiger partial charge in [0.15, 0.2) is 16.7 Å². The Morgan fingerprint density at radius 1 is 1.32 bits per heavy atom. The Morgan fingerprint density at radius 2 is 2.00 bits per heavy atom. The Morgan fingerprint density at radius 3 is 2.59 bits per heavy atom. The average molecular weight is 352 g/mol. The highest BCUT2D eigenvalue weighted by Gasteiger charge is 2.41. The number of hydrazine groups is 1. The summed E-state index contributed by atoms with van der Waals surface area (Å²) < 4.78 is 0. The molecule has 8 heteroatoms. The first-order valence-electron chi connectivity index (χ1n) is 6.33. The van der Waals surface area contributed by atoms with Crippen molar-refractivity contribution in [1.29, 1.82) is 5.26 Å². The van der Waals surface area contributed by atoms with Crippen LogP contribution in [0, 0.1) is 11.3 Å². The molecule has 0 aliphatic carbocycles. The highest BCUT2D eigenvalue weighted by atomic mass is 35.5.